The molecular weight excluding hydrogens is 398 g/mol. The number of rotatable bonds is 7. The van der Waals surface area contributed by atoms with Crippen LogP contribution in [-0.4, -0.2) is 24.9 Å². The highest BCUT2D eigenvalue weighted by Crippen LogP contribution is 2.24. The van der Waals surface area contributed by atoms with Crippen molar-refractivity contribution in [3.05, 3.63) is 65.0 Å². The van der Waals surface area contributed by atoms with Crippen molar-refractivity contribution in [1.29, 1.82) is 0 Å². The zero-order valence-corrected chi connectivity index (χ0v) is 18.7. The van der Waals surface area contributed by atoms with Crippen LogP contribution in [0.2, 0.25) is 0 Å². The molecule has 0 fully saturated rings. The fourth-order valence-corrected chi connectivity index (χ4v) is 4.48. The smallest absolute Gasteiger partial charge is 0.262 e. The molecule has 8 heteroatoms. The summed E-state index contributed by atoms with van der Waals surface area (Å²) in [5.41, 5.74) is 4.02. The molecule has 7 nitrogen and oxygen atoms in total. The topological polar surface area (TPSA) is 96.0 Å². The van der Waals surface area contributed by atoms with E-state index in [4.69, 9.17) is 0 Å². The van der Waals surface area contributed by atoms with Gasteiger partial charge in [0.25, 0.3) is 10.0 Å². The van der Waals surface area contributed by atoms with E-state index in [1.54, 1.807) is 37.3 Å². The number of sulfonamides is 1. The van der Waals surface area contributed by atoms with Gasteiger partial charge in [-0.05, 0) is 81.6 Å². The first-order chi connectivity index (χ1) is 14.2. The zero-order chi connectivity index (χ0) is 21.9. The van der Waals surface area contributed by atoms with E-state index in [0.29, 0.717) is 22.2 Å². The number of anilines is 4. The normalized spacial score (nSPS) is 11.2. The van der Waals surface area contributed by atoms with E-state index in [2.05, 4.69) is 25.3 Å². The second kappa shape index (κ2) is 8.71. The Labute approximate surface area is 178 Å². The number of nitrogens with zero attached hydrogens (tertiary/aromatic N) is 2. The quantitative estimate of drug-likeness (QED) is 0.508. The first-order valence-corrected chi connectivity index (χ1v) is 11.2. The number of aromatic nitrogens is 2. The standard InChI is InChI=1S/C22H27N5O2S/c1-6-23-21-13-22(25-17(5)24-21)26-18-7-9-19(10-8-18)27-30(28,29)20-12-15(3)14(2)11-16(20)4/h7-13,27H,6H2,1-5H3,(H2,23,24,25,26). The molecule has 2 aromatic carbocycles. The van der Waals surface area contributed by atoms with Crippen LogP contribution in [0.4, 0.5) is 23.0 Å². The Morgan fingerprint density at radius 2 is 1.40 bits per heavy atom. The highest BCUT2D eigenvalue weighted by molar-refractivity contribution is 7.92. The average Bonchev–Trinajstić information content (AvgIpc) is 2.66. The number of hydrogen-bond donors (Lipinski definition) is 3. The summed E-state index contributed by atoms with van der Waals surface area (Å²) in [5.74, 6) is 2.07. The Kier molecular flexibility index (Phi) is 6.26. The lowest BCUT2D eigenvalue weighted by Crippen LogP contribution is -2.14. The zero-order valence-electron chi connectivity index (χ0n) is 17.9. The van der Waals surface area contributed by atoms with E-state index in [1.807, 2.05) is 39.8 Å². The van der Waals surface area contributed by atoms with Crippen molar-refractivity contribution in [2.24, 2.45) is 0 Å². The van der Waals surface area contributed by atoms with Crippen LogP contribution in [0.15, 0.2) is 47.4 Å². The molecule has 0 bridgehead atoms. The number of nitrogens with one attached hydrogen (secondary N) is 3. The fraction of sp³-hybridized carbons (Fsp3) is 0.273. The number of hydrogen-bond acceptors (Lipinski definition) is 6. The molecule has 1 heterocycles. The Balaban J connectivity index is 1.77. The molecule has 0 amide bonds. The molecule has 0 saturated heterocycles. The second-order valence-electron chi connectivity index (χ2n) is 7.23. The SMILES string of the molecule is CCNc1cc(Nc2ccc(NS(=O)(=O)c3cc(C)c(C)cc3C)cc2)nc(C)n1. The summed E-state index contributed by atoms with van der Waals surface area (Å²) in [5, 5.41) is 6.39. The molecule has 3 rings (SSSR count). The third-order valence-corrected chi connectivity index (χ3v) is 6.21. The molecule has 3 N–H and O–H groups in total. The molecule has 0 aliphatic carbocycles. The maximum absolute atomic E-state index is 12.8. The van der Waals surface area contributed by atoms with Gasteiger partial charge in [0.1, 0.15) is 17.5 Å². The van der Waals surface area contributed by atoms with Crippen LogP contribution < -0.4 is 15.4 Å². The van der Waals surface area contributed by atoms with Crippen molar-refractivity contribution in [1.82, 2.24) is 9.97 Å². The molecule has 0 aliphatic heterocycles. The van der Waals surface area contributed by atoms with Gasteiger partial charge in [0.15, 0.2) is 0 Å². The lowest BCUT2D eigenvalue weighted by molar-refractivity contribution is 0.600. The van der Waals surface area contributed by atoms with Crippen LogP contribution in [-0.2, 0) is 10.0 Å². The summed E-state index contributed by atoms with van der Waals surface area (Å²) in [6.45, 7) is 10.3. The Morgan fingerprint density at radius 3 is 2.07 bits per heavy atom. The maximum Gasteiger partial charge on any atom is 0.262 e. The minimum absolute atomic E-state index is 0.292. The largest absolute Gasteiger partial charge is 0.370 e. The van der Waals surface area contributed by atoms with E-state index in [1.165, 1.54) is 0 Å². The minimum atomic E-state index is -3.67. The average molecular weight is 426 g/mol. The van der Waals surface area contributed by atoms with Gasteiger partial charge < -0.3 is 10.6 Å². The Hall–Kier alpha value is -3.13. The molecule has 0 unspecified atom stereocenters. The van der Waals surface area contributed by atoms with Gasteiger partial charge >= 0.3 is 0 Å². The summed E-state index contributed by atoms with van der Waals surface area (Å²) in [6, 6.07) is 12.5. The summed E-state index contributed by atoms with van der Waals surface area (Å²) >= 11 is 0. The molecular formula is C22H27N5O2S. The lowest BCUT2D eigenvalue weighted by atomic mass is 10.1. The van der Waals surface area contributed by atoms with Crippen LogP contribution >= 0.6 is 0 Å². The molecule has 0 aliphatic rings. The van der Waals surface area contributed by atoms with Crippen LogP contribution in [0.25, 0.3) is 0 Å². The van der Waals surface area contributed by atoms with Crippen molar-refractivity contribution < 1.29 is 8.42 Å². The summed E-state index contributed by atoms with van der Waals surface area (Å²) in [6.07, 6.45) is 0. The van der Waals surface area contributed by atoms with Crippen LogP contribution in [0, 0.1) is 27.7 Å². The Bertz CT molecular complexity index is 1160. The van der Waals surface area contributed by atoms with E-state index >= 15 is 0 Å². The van der Waals surface area contributed by atoms with Crippen molar-refractivity contribution in [3.63, 3.8) is 0 Å². The molecule has 1 aromatic heterocycles. The molecule has 0 spiro atoms. The first kappa shape index (κ1) is 21.6. The lowest BCUT2D eigenvalue weighted by Gasteiger charge is -2.13. The maximum atomic E-state index is 12.8. The van der Waals surface area contributed by atoms with Gasteiger partial charge in [0.05, 0.1) is 4.90 Å². The number of benzene rings is 2. The molecule has 158 valence electrons. The predicted octanol–water partition coefficient (Wildman–Crippen LogP) is 4.69. The van der Waals surface area contributed by atoms with E-state index < -0.39 is 10.0 Å². The van der Waals surface area contributed by atoms with Crippen LogP contribution in [0.3, 0.4) is 0 Å². The van der Waals surface area contributed by atoms with Crippen molar-refractivity contribution >= 4 is 33.0 Å². The van der Waals surface area contributed by atoms with Crippen molar-refractivity contribution in [2.45, 2.75) is 39.5 Å². The van der Waals surface area contributed by atoms with Gasteiger partial charge in [-0.25, -0.2) is 18.4 Å². The summed E-state index contributed by atoms with van der Waals surface area (Å²) in [4.78, 5) is 9.00. The molecule has 0 atom stereocenters. The number of aryl methyl sites for hydroxylation is 4. The fourth-order valence-electron chi connectivity index (χ4n) is 3.11. The van der Waals surface area contributed by atoms with E-state index in [9.17, 15) is 8.42 Å². The molecule has 0 saturated carbocycles. The highest BCUT2D eigenvalue weighted by atomic mass is 32.2. The molecule has 3 aromatic rings. The highest BCUT2D eigenvalue weighted by Gasteiger charge is 2.18. The predicted molar refractivity (Wildman–Crippen MR) is 122 cm³/mol. The summed E-state index contributed by atoms with van der Waals surface area (Å²) in [7, 11) is -3.67. The van der Waals surface area contributed by atoms with Gasteiger partial charge in [-0.1, -0.05) is 6.07 Å². The van der Waals surface area contributed by atoms with Crippen LogP contribution in [0.5, 0.6) is 0 Å². The van der Waals surface area contributed by atoms with E-state index in [-0.39, 0.29) is 0 Å². The second-order valence-corrected chi connectivity index (χ2v) is 8.88. The first-order valence-electron chi connectivity index (χ1n) is 9.75. The molecule has 30 heavy (non-hydrogen) atoms. The Morgan fingerprint density at radius 1 is 0.800 bits per heavy atom. The van der Waals surface area contributed by atoms with E-state index in [0.717, 1.165) is 34.7 Å². The van der Waals surface area contributed by atoms with Crippen LogP contribution in [0.1, 0.15) is 29.4 Å². The van der Waals surface area contributed by atoms with Crippen molar-refractivity contribution in [3.8, 4) is 0 Å². The van der Waals surface area contributed by atoms with Crippen molar-refractivity contribution in [2.75, 3.05) is 21.9 Å². The monoisotopic (exact) mass is 425 g/mol. The van der Waals surface area contributed by atoms with Gasteiger partial charge in [0.2, 0.25) is 0 Å². The molecule has 0 radical (unpaired) electrons. The minimum Gasteiger partial charge on any atom is -0.370 e. The third-order valence-electron chi connectivity index (χ3n) is 4.69. The summed E-state index contributed by atoms with van der Waals surface area (Å²) < 4.78 is 28.4. The van der Waals surface area contributed by atoms with Gasteiger partial charge in [-0.3, -0.25) is 4.72 Å². The van der Waals surface area contributed by atoms with Gasteiger partial charge in [-0.15, -0.1) is 0 Å². The van der Waals surface area contributed by atoms with Gasteiger partial charge in [0, 0.05) is 24.0 Å². The third kappa shape index (κ3) is 5.07. The van der Waals surface area contributed by atoms with Gasteiger partial charge in [-0.2, -0.15) is 0 Å².